The van der Waals surface area contributed by atoms with Crippen LogP contribution in [0, 0.1) is 0 Å². The van der Waals surface area contributed by atoms with Crippen LogP contribution in [0.1, 0.15) is 4.11 Å². The van der Waals surface area contributed by atoms with E-state index in [2.05, 4.69) is 10.6 Å². The van der Waals surface area contributed by atoms with Gasteiger partial charge in [-0.1, -0.05) is 0 Å². The molecule has 0 aromatic carbocycles. The first-order chi connectivity index (χ1) is 7.43. The average molecular weight is 190 g/mol. The number of nitrogens with zero attached hydrogens (tertiary/aromatic N) is 1. The second-order valence-corrected chi connectivity index (χ2v) is 2.14. The number of hydrogen-bond acceptors (Lipinski definition) is 3. The highest BCUT2D eigenvalue weighted by Crippen LogP contribution is 1.78. The standard InChI is InChI=1S/C7H13N3O3/c11-5-8-1-3-10(7-13)4-2-9-6-12/h5-7H,1-4H2,(H,8,11)(H,9,12)/i5D,6D,7D. The van der Waals surface area contributed by atoms with Crippen molar-refractivity contribution in [1.82, 2.24) is 15.5 Å². The summed E-state index contributed by atoms with van der Waals surface area (Å²) in [4.78, 5) is 32.3. The van der Waals surface area contributed by atoms with Gasteiger partial charge in [-0.2, -0.15) is 0 Å². The van der Waals surface area contributed by atoms with Gasteiger partial charge in [-0.05, 0) is 0 Å². The van der Waals surface area contributed by atoms with Crippen LogP contribution in [-0.2, 0) is 14.4 Å². The van der Waals surface area contributed by atoms with Gasteiger partial charge < -0.3 is 15.5 Å². The highest BCUT2D eigenvalue weighted by atomic mass is 16.1. The summed E-state index contributed by atoms with van der Waals surface area (Å²) in [5.41, 5.74) is 0. The van der Waals surface area contributed by atoms with E-state index in [4.69, 9.17) is 4.11 Å². The summed E-state index contributed by atoms with van der Waals surface area (Å²) < 4.78 is 20.0. The molecule has 0 saturated heterocycles. The third kappa shape index (κ3) is 6.79. The van der Waals surface area contributed by atoms with Gasteiger partial charge in [0.05, 0.1) is 0 Å². The zero-order chi connectivity index (χ0) is 12.6. The summed E-state index contributed by atoms with van der Waals surface area (Å²) in [5, 5.41) is 4.31. The minimum atomic E-state index is -0.961. The van der Waals surface area contributed by atoms with Gasteiger partial charge in [0.2, 0.25) is 19.2 Å². The lowest BCUT2D eigenvalue weighted by Crippen LogP contribution is -2.35. The van der Waals surface area contributed by atoms with E-state index in [0.29, 0.717) is 0 Å². The van der Waals surface area contributed by atoms with Crippen LogP contribution in [0.15, 0.2) is 0 Å². The predicted octanol–water partition coefficient (Wildman–Crippen LogP) is -2.06. The Labute approximate surface area is 80.5 Å². The molecular weight excluding hydrogens is 174 g/mol. The molecule has 0 radical (unpaired) electrons. The number of hydrogen-bond donors (Lipinski definition) is 2. The Balaban J connectivity index is 3.84. The minimum absolute atomic E-state index is 0.0712. The molecule has 74 valence electrons. The third-order valence-electron chi connectivity index (χ3n) is 1.29. The molecule has 13 heavy (non-hydrogen) atoms. The van der Waals surface area contributed by atoms with Crippen LogP contribution in [0.5, 0.6) is 0 Å². The van der Waals surface area contributed by atoms with Crippen molar-refractivity contribution in [2.75, 3.05) is 26.2 Å². The minimum Gasteiger partial charge on any atom is -0.357 e. The third-order valence-corrected chi connectivity index (χ3v) is 1.29. The van der Waals surface area contributed by atoms with Crippen molar-refractivity contribution in [1.29, 1.82) is 0 Å². The SMILES string of the molecule is [2H]C(=O)NCCN(CCNC([2H])=O)C([2H])=O. The average Bonchev–Trinajstić information content (AvgIpc) is 2.14. The van der Waals surface area contributed by atoms with Crippen molar-refractivity contribution in [3.63, 3.8) is 0 Å². The van der Waals surface area contributed by atoms with Gasteiger partial charge in [-0.15, -0.1) is 0 Å². The van der Waals surface area contributed by atoms with E-state index in [1.54, 1.807) is 0 Å². The Bertz CT molecular complexity index is 255. The topological polar surface area (TPSA) is 78.5 Å². The number of rotatable bonds is 6. The van der Waals surface area contributed by atoms with Crippen LogP contribution in [-0.4, -0.2) is 50.2 Å². The second kappa shape index (κ2) is 8.51. The van der Waals surface area contributed by atoms with Crippen molar-refractivity contribution >= 4 is 19.2 Å². The van der Waals surface area contributed by atoms with Gasteiger partial charge in [-0.3, -0.25) is 14.4 Å². The summed E-state index contributed by atoms with van der Waals surface area (Å²) in [6.07, 6.45) is -2.87. The van der Waals surface area contributed by atoms with Crippen LogP contribution >= 0.6 is 0 Å². The molecule has 0 heterocycles. The van der Waals surface area contributed by atoms with Crippen LogP contribution in [0.4, 0.5) is 0 Å². The molecule has 0 bridgehead atoms. The molecule has 0 aromatic heterocycles. The van der Waals surface area contributed by atoms with Crippen LogP contribution in [0.2, 0.25) is 0 Å². The molecule has 0 spiro atoms. The van der Waals surface area contributed by atoms with E-state index in [-0.39, 0.29) is 26.2 Å². The number of nitrogens with one attached hydrogen (secondary N) is 2. The van der Waals surface area contributed by atoms with E-state index in [9.17, 15) is 14.4 Å². The van der Waals surface area contributed by atoms with Crippen molar-refractivity contribution in [3.8, 4) is 0 Å². The Morgan fingerprint density at radius 1 is 1.08 bits per heavy atom. The summed E-state index contributed by atoms with van der Waals surface area (Å²) in [7, 11) is 0. The normalized spacial score (nSPS) is 11.8. The molecule has 3 amide bonds. The Hall–Kier alpha value is -1.59. The lowest BCUT2D eigenvalue weighted by Gasteiger charge is -2.15. The molecule has 0 aliphatic heterocycles. The fraction of sp³-hybridized carbons (Fsp3) is 0.571. The summed E-state index contributed by atoms with van der Waals surface area (Å²) in [5.74, 6) is 0. The highest BCUT2D eigenvalue weighted by Gasteiger charge is 1.98. The number of amides is 3. The lowest BCUT2D eigenvalue weighted by molar-refractivity contribution is -0.119. The molecule has 6 nitrogen and oxygen atoms in total. The number of carbonyl (C=O) groups excluding carboxylic acids is 3. The van der Waals surface area contributed by atoms with E-state index in [0.717, 1.165) is 4.90 Å². The van der Waals surface area contributed by atoms with E-state index < -0.39 is 19.2 Å². The maximum absolute atomic E-state index is 10.8. The molecule has 0 aromatic rings. The Kier molecular flexibility index (Phi) is 4.50. The highest BCUT2D eigenvalue weighted by molar-refractivity contribution is 5.49. The fourth-order valence-corrected chi connectivity index (χ4v) is 0.687. The number of carbonyl (C=O) groups is 3. The quantitative estimate of drug-likeness (QED) is 0.473. The van der Waals surface area contributed by atoms with Gasteiger partial charge in [0.25, 0.3) is 0 Å². The first kappa shape index (κ1) is 6.88. The van der Waals surface area contributed by atoms with Crippen LogP contribution in [0.3, 0.4) is 0 Å². The van der Waals surface area contributed by atoms with Gasteiger partial charge in [0, 0.05) is 26.2 Å². The summed E-state index contributed by atoms with van der Waals surface area (Å²) in [6, 6.07) is 0. The molecule has 0 atom stereocenters. The van der Waals surface area contributed by atoms with Gasteiger partial charge in [0.15, 0.2) is 0 Å². The molecule has 0 rings (SSSR count). The first-order valence-corrected chi connectivity index (χ1v) is 3.68. The second-order valence-electron chi connectivity index (χ2n) is 2.14. The molecule has 0 aliphatic carbocycles. The van der Waals surface area contributed by atoms with Crippen molar-refractivity contribution < 1.29 is 18.5 Å². The van der Waals surface area contributed by atoms with Crippen molar-refractivity contribution in [2.24, 2.45) is 0 Å². The van der Waals surface area contributed by atoms with Gasteiger partial charge in [-0.25, -0.2) is 0 Å². The summed E-state index contributed by atoms with van der Waals surface area (Å²) in [6.45, 7) is 0.311. The van der Waals surface area contributed by atoms with Crippen molar-refractivity contribution in [2.45, 2.75) is 0 Å². The monoisotopic (exact) mass is 190 g/mol. The molecule has 0 aliphatic rings. The Morgan fingerprint density at radius 3 is 1.85 bits per heavy atom. The van der Waals surface area contributed by atoms with E-state index in [1.807, 2.05) is 0 Å². The molecule has 0 saturated carbocycles. The predicted molar refractivity (Wildman–Crippen MR) is 45.8 cm³/mol. The molecule has 6 heteroatoms. The summed E-state index contributed by atoms with van der Waals surface area (Å²) >= 11 is 0. The van der Waals surface area contributed by atoms with Crippen LogP contribution in [0.25, 0.3) is 0 Å². The largest absolute Gasteiger partial charge is 0.357 e. The fourth-order valence-electron chi connectivity index (χ4n) is 0.687. The maximum Gasteiger partial charge on any atom is 0.209 e. The van der Waals surface area contributed by atoms with Gasteiger partial charge in [0.1, 0.15) is 4.11 Å². The van der Waals surface area contributed by atoms with E-state index in [1.165, 1.54) is 0 Å². The first-order valence-electron chi connectivity index (χ1n) is 5.18. The molecule has 0 unspecified atom stereocenters. The zero-order valence-electron chi connectivity index (χ0n) is 10.0. The molecule has 2 N–H and O–H groups in total. The van der Waals surface area contributed by atoms with Gasteiger partial charge >= 0.3 is 0 Å². The zero-order valence-corrected chi connectivity index (χ0v) is 7.00. The molecule has 0 fully saturated rings. The lowest BCUT2D eigenvalue weighted by atomic mass is 10.5. The van der Waals surface area contributed by atoms with Crippen LogP contribution < -0.4 is 10.6 Å². The Morgan fingerprint density at radius 2 is 1.54 bits per heavy atom. The smallest absolute Gasteiger partial charge is 0.209 e. The molecular formula is C7H13N3O3. The van der Waals surface area contributed by atoms with E-state index >= 15 is 0 Å². The maximum atomic E-state index is 10.8. The van der Waals surface area contributed by atoms with Crippen molar-refractivity contribution in [3.05, 3.63) is 0 Å².